The first-order chi connectivity index (χ1) is 17.1. The van der Waals surface area contributed by atoms with E-state index >= 15 is 0 Å². The molecule has 0 atom stereocenters. The number of hydrogen-bond donors (Lipinski definition) is 0. The van der Waals surface area contributed by atoms with Crippen molar-refractivity contribution in [2.75, 3.05) is 0 Å². The van der Waals surface area contributed by atoms with Gasteiger partial charge in [-0.15, -0.1) is 0 Å². The van der Waals surface area contributed by atoms with Crippen molar-refractivity contribution in [1.29, 1.82) is 0 Å². The van der Waals surface area contributed by atoms with Crippen molar-refractivity contribution >= 4 is 21.5 Å². The molecular formula is C31H22N4. The van der Waals surface area contributed by atoms with Gasteiger partial charge in [-0.1, -0.05) is 74.5 Å². The van der Waals surface area contributed by atoms with E-state index in [1.165, 1.54) is 11.1 Å². The molecule has 0 amide bonds. The largest absolute Gasteiger partial charge is 0.263 e. The van der Waals surface area contributed by atoms with Crippen LogP contribution >= 0.6 is 0 Å². The maximum Gasteiger partial charge on any atom is 0.0937 e. The summed E-state index contributed by atoms with van der Waals surface area (Å²) < 4.78 is 0. The van der Waals surface area contributed by atoms with Crippen molar-refractivity contribution in [3.05, 3.63) is 109 Å². The lowest BCUT2D eigenvalue weighted by Gasteiger charge is -2.20. The second-order valence-corrected chi connectivity index (χ2v) is 9.63. The first kappa shape index (κ1) is 20.0. The Bertz CT molecular complexity index is 1640. The van der Waals surface area contributed by atoms with E-state index in [4.69, 9.17) is 9.97 Å². The Morgan fingerprint density at radius 1 is 0.514 bits per heavy atom. The summed E-state index contributed by atoms with van der Waals surface area (Å²) in [7, 11) is 0. The summed E-state index contributed by atoms with van der Waals surface area (Å²) in [6.45, 7) is 4.50. The number of rotatable bonds is 2. The van der Waals surface area contributed by atoms with Crippen LogP contribution in [0.3, 0.4) is 0 Å². The molecule has 6 aromatic rings. The van der Waals surface area contributed by atoms with E-state index in [1.807, 2.05) is 36.9 Å². The number of fused-ring (bicyclic) bond motifs is 5. The average Bonchev–Trinajstić information content (AvgIpc) is 3.13. The zero-order chi connectivity index (χ0) is 23.6. The quantitative estimate of drug-likeness (QED) is 0.280. The van der Waals surface area contributed by atoms with Crippen LogP contribution < -0.4 is 0 Å². The topological polar surface area (TPSA) is 51.6 Å². The highest BCUT2D eigenvalue weighted by Gasteiger charge is 2.38. The van der Waals surface area contributed by atoms with E-state index in [2.05, 4.69) is 84.5 Å². The summed E-state index contributed by atoms with van der Waals surface area (Å²) in [6.07, 6.45) is 7.61. The third-order valence-corrected chi connectivity index (χ3v) is 7.25. The van der Waals surface area contributed by atoms with Crippen LogP contribution in [-0.2, 0) is 5.41 Å². The molecule has 0 fully saturated rings. The summed E-state index contributed by atoms with van der Waals surface area (Å²) in [5.74, 6) is 0. The van der Waals surface area contributed by atoms with E-state index in [0.29, 0.717) is 0 Å². The van der Waals surface area contributed by atoms with Gasteiger partial charge in [0, 0.05) is 52.1 Å². The Balaban J connectivity index is 1.44. The van der Waals surface area contributed by atoms with Crippen molar-refractivity contribution in [3.63, 3.8) is 0 Å². The van der Waals surface area contributed by atoms with E-state index in [9.17, 15) is 0 Å². The molecule has 0 saturated carbocycles. The van der Waals surface area contributed by atoms with Crippen molar-refractivity contribution in [2.24, 2.45) is 0 Å². The zero-order valence-electron chi connectivity index (χ0n) is 19.5. The molecule has 4 nitrogen and oxygen atoms in total. The number of aromatic nitrogens is 4. The van der Waals surface area contributed by atoms with Gasteiger partial charge in [0.1, 0.15) is 0 Å². The molecule has 2 aromatic carbocycles. The van der Waals surface area contributed by atoms with E-state index in [0.717, 1.165) is 55.4 Å². The van der Waals surface area contributed by atoms with Crippen molar-refractivity contribution in [1.82, 2.24) is 19.9 Å². The maximum absolute atomic E-state index is 5.19. The summed E-state index contributed by atoms with van der Waals surface area (Å²) in [6, 6.07) is 25.3. The van der Waals surface area contributed by atoms with E-state index < -0.39 is 0 Å². The predicted octanol–water partition coefficient (Wildman–Crippen LogP) is 7.21. The van der Waals surface area contributed by atoms with E-state index in [1.54, 1.807) is 0 Å². The molecule has 0 spiro atoms. The summed E-state index contributed by atoms with van der Waals surface area (Å²) in [4.78, 5) is 19.3. The van der Waals surface area contributed by atoms with Crippen LogP contribution in [0.25, 0.3) is 55.4 Å². The molecule has 166 valence electrons. The Labute approximate surface area is 203 Å². The molecule has 0 bridgehead atoms. The first-order valence-corrected chi connectivity index (χ1v) is 11.8. The van der Waals surface area contributed by atoms with Crippen LogP contribution in [0.2, 0.25) is 0 Å². The molecule has 0 unspecified atom stereocenters. The van der Waals surface area contributed by atoms with E-state index in [-0.39, 0.29) is 5.41 Å². The summed E-state index contributed by atoms with van der Waals surface area (Å²) >= 11 is 0. The van der Waals surface area contributed by atoms with Crippen LogP contribution in [0, 0.1) is 0 Å². The lowest BCUT2D eigenvalue weighted by Crippen LogP contribution is -2.15. The van der Waals surface area contributed by atoms with Gasteiger partial charge in [0.25, 0.3) is 0 Å². The van der Waals surface area contributed by atoms with Gasteiger partial charge in [-0.05, 0) is 34.0 Å². The third kappa shape index (κ3) is 2.93. The lowest BCUT2D eigenvalue weighted by atomic mass is 9.83. The second-order valence-electron chi connectivity index (χ2n) is 9.63. The summed E-state index contributed by atoms with van der Waals surface area (Å²) in [5, 5.41) is 4.51. The molecule has 35 heavy (non-hydrogen) atoms. The zero-order valence-corrected chi connectivity index (χ0v) is 19.5. The van der Waals surface area contributed by atoms with Gasteiger partial charge in [0.2, 0.25) is 0 Å². The van der Waals surface area contributed by atoms with Crippen LogP contribution in [0.5, 0.6) is 0 Å². The Morgan fingerprint density at radius 3 is 1.46 bits per heavy atom. The van der Waals surface area contributed by atoms with Crippen LogP contribution in [0.1, 0.15) is 25.0 Å². The summed E-state index contributed by atoms with van der Waals surface area (Å²) in [5.41, 5.74) is 8.02. The molecule has 4 heterocycles. The highest BCUT2D eigenvalue weighted by atomic mass is 14.8. The number of nitrogens with zero attached hydrogens (tertiary/aromatic N) is 4. The van der Waals surface area contributed by atoms with Gasteiger partial charge in [0.05, 0.1) is 22.8 Å². The molecule has 0 radical (unpaired) electrons. The monoisotopic (exact) mass is 450 g/mol. The molecule has 7 rings (SSSR count). The van der Waals surface area contributed by atoms with Gasteiger partial charge in [-0.3, -0.25) is 9.97 Å². The van der Waals surface area contributed by atoms with Gasteiger partial charge in [0.15, 0.2) is 0 Å². The molecule has 0 saturated heterocycles. The van der Waals surface area contributed by atoms with Crippen LogP contribution in [-0.4, -0.2) is 19.9 Å². The standard InChI is InChI=1S/C31H22N4/c1-31(2)25-11-13-27(23-17-32-15-19-7-3-5-9-21(19)23)34-29(25)30-26(31)12-14-28(35-30)24-18-33-16-20-8-4-6-10-22(20)24/h3-18H,1-2H3. The van der Waals surface area contributed by atoms with Crippen LogP contribution in [0.15, 0.2) is 97.6 Å². The van der Waals surface area contributed by atoms with Gasteiger partial charge in [-0.25, -0.2) is 9.97 Å². The van der Waals surface area contributed by atoms with Gasteiger partial charge in [-0.2, -0.15) is 0 Å². The first-order valence-electron chi connectivity index (χ1n) is 11.8. The molecule has 1 aliphatic carbocycles. The fourth-order valence-electron chi connectivity index (χ4n) is 5.37. The maximum atomic E-state index is 5.19. The van der Waals surface area contributed by atoms with Crippen molar-refractivity contribution in [3.8, 4) is 33.9 Å². The minimum atomic E-state index is -0.171. The second kappa shape index (κ2) is 7.28. The molecular weight excluding hydrogens is 428 g/mol. The third-order valence-electron chi connectivity index (χ3n) is 7.25. The number of pyridine rings is 4. The number of benzene rings is 2. The van der Waals surface area contributed by atoms with Crippen molar-refractivity contribution in [2.45, 2.75) is 19.3 Å². The Hall–Kier alpha value is -4.44. The van der Waals surface area contributed by atoms with Crippen LogP contribution in [0.4, 0.5) is 0 Å². The number of hydrogen-bond acceptors (Lipinski definition) is 4. The van der Waals surface area contributed by atoms with Gasteiger partial charge >= 0.3 is 0 Å². The van der Waals surface area contributed by atoms with Crippen molar-refractivity contribution < 1.29 is 0 Å². The average molecular weight is 451 g/mol. The molecule has 0 aliphatic heterocycles. The highest BCUT2D eigenvalue weighted by molar-refractivity contribution is 5.96. The SMILES string of the molecule is CC1(C)c2ccc(-c3cncc4ccccc34)nc2-c2nc(-c3cncc4ccccc34)ccc21. The normalized spacial score (nSPS) is 13.7. The Morgan fingerprint density at radius 2 is 0.971 bits per heavy atom. The highest BCUT2D eigenvalue weighted by Crippen LogP contribution is 2.48. The fourth-order valence-corrected chi connectivity index (χ4v) is 5.37. The molecule has 4 heteroatoms. The smallest absolute Gasteiger partial charge is 0.0937 e. The molecule has 4 aromatic heterocycles. The fraction of sp³-hybridized carbons (Fsp3) is 0.0968. The minimum Gasteiger partial charge on any atom is -0.263 e. The minimum absolute atomic E-state index is 0.171. The van der Waals surface area contributed by atoms with Gasteiger partial charge < -0.3 is 0 Å². The predicted molar refractivity (Wildman–Crippen MR) is 141 cm³/mol. The molecule has 0 N–H and O–H groups in total. The molecule has 1 aliphatic rings. The Kier molecular flexibility index (Phi) is 4.15. The lowest BCUT2D eigenvalue weighted by molar-refractivity contribution is 0.658.